The van der Waals surface area contributed by atoms with Gasteiger partial charge in [-0.3, -0.25) is 10.1 Å². The van der Waals surface area contributed by atoms with Crippen LogP contribution in [0.2, 0.25) is 0 Å². The fourth-order valence-corrected chi connectivity index (χ4v) is 1.49. The van der Waals surface area contributed by atoms with Gasteiger partial charge < -0.3 is 10.6 Å². The molecular formula is C12H12N4O2. The number of nitrogens with one attached hydrogen (secondary N) is 2. The van der Waals surface area contributed by atoms with Crippen LogP contribution in [0.3, 0.4) is 0 Å². The Morgan fingerprint density at radius 1 is 1.17 bits per heavy atom. The second-order valence-electron chi connectivity index (χ2n) is 3.56. The van der Waals surface area contributed by atoms with Crippen LogP contribution in [0.4, 0.5) is 23.0 Å². The molecule has 2 N–H and O–H groups in total. The Hall–Kier alpha value is -2.63. The van der Waals surface area contributed by atoms with E-state index in [4.69, 9.17) is 0 Å². The van der Waals surface area contributed by atoms with Gasteiger partial charge in [0.2, 0.25) is 5.82 Å². The fraction of sp³-hybridized carbons (Fsp3) is 0.0833. The number of aromatic nitrogens is 1. The maximum Gasteiger partial charge on any atom is 0.311 e. The van der Waals surface area contributed by atoms with Crippen LogP contribution >= 0.6 is 0 Å². The predicted octanol–water partition coefficient (Wildman–Crippen LogP) is 2.78. The number of nitro groups is 1. The van der Waals surface area contributed by atoms with E-state index in [0.29, 0.717) is 5.82 Å². The van der Waals surface area contributed by atoms with E-state index in [9.17, 15) is 10.1 Å². The predicted molar refractivity (Wildman–Crippen MR) is 70.2 cm³/mol. The second-order valence-corrected chi connectivity index (χ2v) is 3.56. The molecule has 18 heavy (non-hydrogen) atoms. The van der Waals surface area contributed by atoms with Crippen molar-refractivity contribution in [3.63, 3.8) is 0 Å². The van der Waals surface area contributed by atoms with Crippen LogP contribution in [0.5, 0.6) is 0 Å². The standard InChI is InChI=1S/C12H12N4O2/c1-13-11-8-7-10(16(17)18)12(15-11)14-9-5-3-2-4-6-9/h2-8H,1H3,(H2,13,14,15). The summed E-state index contributed by atoms with van der Waals surface area (Å²) in [5.74, 6) is 0.789. The van der Waals surface area contributed by atoms with Gasteiger partial charge in [-0.25, -0.2) is 4.98 Å². The summed E-state index contributed by atoms with van der Waals surface area (Å²) in [7, 11) is 1.71. The van der Waals surface area contributed by atoms with Gasteiger partial charge in [-0.05, 0) is 18.2 Å². The van der Waals surface area contributed by atoms with Crippen LogP contribution in [-0.4, -0.2) is 17.0 Å². The molecule has 1 aromatic heterocycles. The average molecular weight is 244 g/mol. The van der Waals surface area contributed by atoms with Crippen LogP contribution in [-0.2, 0) is 0 Å². The first kappa shape index (κ1) is 11.8. The number of pyridine rings is 1. The Kier molecular flexibility index (Phi) is 3.38. The molecule has 2 aromatic rings. The molecule has 0 aliphatic rings. The van der Waals surface area contributed by atoms with Gasteiger partial charge in [0.1, 0.15) is 5.82 Å². The Balaban J connectivity index is 2.38. The first-order valence-corrected chi connectivity index (χ1v) is 5.36. The molecule has 0 aliphatic heterocycles. The zero-order valence-electron chi connectivity index (χ0n) is 9.75. The highest BCUT2D eigenvalue weighted by Crippen LogP contribution is 2.26. The van der Waals surface area contributed by atoms with Gasteiger partial charge in [0.15, 0.2) is 0 Å². The van der Waals surface area contributed by atoms with Gasteiger partial charge in [0, 0.05) is 18.8 Å². The highest BCUT2D eigenvalue weighted by Gasteiger charge is 2.15. The summed E-state index contributed by atoms with van der Waals surface area (Å²) in [6.07, 6.45) is 0. The number of para-hydroxylation sites is 1. The maximum atomic E-state index is 10.9. The molecule has 0 saturated carbocycles. The van der Waals surface area contributed by atoms with E-state index in [2.05, 4.69) is 15.6 Å². The second kappa shape index (κ2) is 5.13. The molecule has 1 heterocycles. The number of rotatable bonds is 4. The summed E-state index contributed by atoms with van der Waals surface area (Å²) < 4.78 is 0. The van der Waals surface area contributed by atoms with Gasteiger partial charge in [-0.15, -0.1) is 0 Å². The summed E-state index contributed by atoms with van der Waals surface area (Å²) in [5.41, 5.74) is 0.694. The average Bonchev–Trinajstić information content (AvgIpc) is 2.39. The smallest absolute Gasteiger partial charge is 0.311 e. The quantitative estimate of drug-likeness (QED) is 0.638. The molecule has 1 aromatic carbocycles. The molecular weight excluding hydrogens is 232 g/mol. The third-order valence-corrected chi connectivity index (χ3v) is 2.36. The number of nitrogens with zero attached hydrogens (tertiary/aromatic N) is 2. The molecule has 92 valence electrons. The van der Waals surface area contributed by atoms with Crippen molar-refractivity contribution in [3.05, 3.63) is 52.6 Å². The van der Waals surface area contributed by atoms with Gasteiger partial charge in [0.25, 0.3) is 0 Å². The third-order valence-electron chi connectivity index (χ3n) is 2.36. The minimum atomic E-state index is -0.461. The lowest BCUT2D eigenvalue weighted by Gasteiger charge is -2.07. The number of hydrogen-bond acceptors (Lipinski definition) is 5. The van der Waals surface area contributed by atoms with Crippen molar-refractivity contribution in [1.82, 2.24) is 4.98 Å². The zero-order chi connectivity index (χ0) is 13.0. The summed E-state index contributed by atoms with van der Waals surface area (Å²) in [6.45, 7) is 0. The molecule has 6 nitrogen and oxygen atoms in total. The molecule has 0 radical (unpaired) electrons. The lowest BCUT2D eigenvalue weighted by Crippen LogP contribution is -2.02. The summed E-state index contributed by atoms with van der Waals surface area (Å²) >= 11 is 0. The Morgan fingerprint density at radius 3 is 2.50 bits per heavy atom. The van der Waals surface area contributed by atoms with E-state index >= 15 is 0 Å². The van der Waals surface area contributed by atoms with Crippen LogP contribution in [0.15, 0.2) is 42.5 Å². The van der Waals surface area contributed by atoms with E-state index in [1.807, 2.05) is 30.3 Å². The minimum Gasteiger partial charge on any atom is -0.373 e. The van der Waals surface area contributed by atoms with Crippen molar-refractivity contribution in [2.24, 2.45) is 0 Å². The molecule has 0 amide bonds. The Bertz CT molecular complexity index is 557. The highest BCUT2D eigenvalue weighted by molar-refractivity contribution is 5.67. The molecule has 0 fully saturated rings. The van der Waals surface area contributed by atoms with E-state index in [1.165, 1.54) is 6.07 Å². The van der Waals surface area contributed by atoms with Gasteiger partial charge in [-0.2, -0.15) is 0 Å². The Labute approximate surface area is 104 Å². The molecule has 0 atom stereocenters. The molecule has 0 bridgehead atoms. The van der Waals surface area contributed by atoms with Crippen LogP contribution < -0.4 is 10.6 Å². The van der Waals surface area contributed by atoms with E-state index in [1.54, 1.807) is 13.1 Å². The Morgan fingerprint density at radius 2 is 1.89 bits per heavy atom. The summed E-state index contributed by atoms with van der Waals surface area (Å²) in [6, 6.07) is 12.2. The maximum absolute atomic E-state index is 10.9. The molecule has 0 unspecified atom stereocenters. The highest BCUT2D eigenvalue weighted by atomic mass is 16.6. The monoisotopic (exact) mass is 244 g/mol. The summed E-state index contributed by atoms with van der Waals surface area (Å²) in [4.78, 5) is 14.6. The lowest BCUT2D eigenvalue weighted by molar-refractivity contribution is -0.384. The number of anilines is 3. The van der Waals surface area contributed by atoms with E-state index < -0.39 is 4.92 Å². The minimum absolute atomic E-state index is 0.0575. The van der Waals surface area contributed by atoms with Crippen molar-refractivity contribution in [1.29, 1.82) is 0 Å². The molecule has 0 aliphatic carbocycles. The van der Waals surface area contributed by atoms with Crippen LogP contribution in [0, 0.1) is 10.1 Å². The molecule has 6 heteroatoms. The molecule has 0 spiro atoms. The van der Waals surface area contributed by atoms with Gasteiger partial charge in [-0.1, -0.05) is 18.2 Å². The van der Waals surface area contributed by atoms with Crippen molar-refractivity contribution >= 4 is 23.0 Å². The van der Waals surface area contributed by atoms with E-state index in [0.717, 1.165) is 5.69 Å². The third kappa shape index (κ3) is 2.54. The lowest BCUT2D eigenvalue weighted by atomic mass is 10.3. The largest absolute Gasteiger partial charge is 0.373 e. The van der Waals surface area contributed by atoms with Crippen LogP contribution in [0.1, 0.15) is 0 Å². The van der Waals surface area contributed by atoms with Gasteiger partial charge >= 0.3 is 5.69 Å². The zero-order valence-corrected chi connectivity index (χ0v) is 9.75. The first-order valence-electron chi connectivity index (χ1n) is 5.36. The topological polar surface area (TPSA) is 80.1 Å². The molecule has 2 rings (SSSR count). The SMILES string of the molecule is CNc1ccc([N+](=O)[O-])c(Nc2ccccc2)n1. The fourth-order valence-electron chi connectivity index (χ4n) is 1.49. The first-order chi connectivity index (χ1) is 8.70. The van der Waals surface area contributed by atoms with Crippen molar-refractivity contribution < 1.29 is 4.92 Å². The van der Waals surface area contributed by atoms with Crippen molar-refractivity contribution in [2.45, 2.75) is 0 Å². The number of benzene rings is 1. The van der Waals surface area contributed by atoms with Crippen LogP contribution in [0.25, 0.3) is 0 Å². The summed E-state index contributed by atoms with van der Waals surface area (Å²) in [5, 5.41) is 16.7. The van der Waals surface area contributed by atoms with Crippen molar-refractivity contribution in [3.8, 4) is 0 Å². The normalized spacial score (nSPS) is 9.83. The van der Waals surface area contributed by atoms with Crippen molar-refractivity contribution in [2.75, 3.05) is 17.7 Å². The number of hydrogen-bond donors (Lipinski definition) is 2. The molecule has 0 saturated heterocycles. The van der Waals surface area contributed by atoms with Gasteiger partial charge in [0.05, 0.1) is 4.92 Å². The van der Waals surface area contributed by atoms with E-state index in [-0.39, 0.29) is 11.5 Å².